The maximum Gasteiger partial charge on any atom is 0.254 e. The third-order valence-corrected chi connectivity index (χ3v) is 3.88. The lowest BCUT2D eigenvalue weighted by atomic mass is 10.1. The van der Waals surface area contributed by atoms with Gasteiger partial charge in [-0.15, -0.1) is 0 Å². The highest BCUT2D eigenvalue weighted by Gasteiger charge is 2.28. The molecule has 24 heavy (non-hydrogen) atoms. The predicted octanol–water partition coefficient (Wildman–Crippen LogP) is 0.00900. The Labute approximate surface area is 139 Å². The minimum Gasteiger partial charge on any atom is -0.383 e. The number of pyridine rings is 1. The molecule has 8 nitrogen and oxygen atoms in total. The summed E-state index contributed by atoms with van der Waals surface area (Å²) in [5, 5.41) is 9.98. The number of methoxy groups -OCH3 is 1. The van der Waals surface area contributed by atoms with Crippen molar-refractivity contribution in [2.24, 2.45) is 0 Å². The van der Waals surface area contributed by atoms with Crippen molar-refractivity contribution in [2.45, 2.75) is 19.0 Å². The zero-order chi connectivity index (χ0) is 16.9. The first-order valence-corrected chi connectivity index (χ1v) is 7.71. The first-order valence-electron chi connectivity index (χ1n) is 7.71. The summed E-state index contributed by atoms with van der Waals surface area (Å²) >= 11 is 0. The van der Waals surface area contributed by atoms with E-state index in [4.69, 9.17) is 4.74 Å². The van der Waals surface area contributed by atoms with Crippen LogP contribution in [-0.4, -0.2) is 52.9 Å². The summed E-state index contributed by atoms with van der Waals surface area (Å²) in [4.78, 5) is 28.3. The zero-order valence-corrected chi connectivity index (χ0v) is 13.4. The quantitative estimate of drug-likeness (QED) is 0.728. The van der Waals surface area contributed by atoms with Crippen LogP contribution in [-0.2, 0) is 17.7 Å². The first-order chi connectivity index (χ1) is 11.7. The minimum atomic E-state index is -0.176. The van der Waals surface area contributed by atoms with Crippen LogP contribution in [0.5, 0.6) is 0 Å². The molecule has 0 saturated heterocycles. The van der Waals surface area contributed by atoms with Gasteiger partial charge in [-0.05, 0) is 12.1 Å². The van der Waals surface area contributed by atoms with Crippen molar-refractivity contribution in [3.8, 4) is 0 Å². The van der Waals surface area contributed by atoms with Crippen LogP contribution < -0.4 is 10.6 Å². The molecule has 0 aromatic carbocycles. The molecule has 1 atom stereocenters. The summed E-state index contributed by atoms with van der Waals surface area (Å²) in [7, 11) is 1.58. The van der Waals surface area contributed by atoms with E-state index in [1.165, 1.54) is 6.20 Å². The molecule has 3 heterocycles. The standard InChI is InChI=1S/C16H19N5O3/c1-24-6-5-18-16(23)13-9-19-21-10-12(7-14(13)21)20-15(22)11-3-2-4-17-8-11/h2-4,8-9,12H,5-7,10H2,1H3,(H,18,23)(H,20,22)/t12-/m0/s1. The number of carbonyl (C=O) groups excluding carboxylic acids is 2. The van der Waals surface area contributed by atoms with Crippen molar-refractivity contribution in [1.29, 1.82) is 0 Å². The van der Waals surface area contributed by atoms with Crippen LogP contribution in [0.1, 0.15) is 26.4 Å². The number of nitrogens with zero attached hydrogens (tertiary/aromatic N) is 3. The van der Waals surface area contributed by atoms with Crippen molar-refractivity contribution >= 4 is 11.8 Å². The Hall–Kier alpha value is -2.74. The van der Waals surface area contributed by atoms with Gasteiger partial charge in [0.1, 0.15) is 0 Å². The van der Waals surface area contributed by atoms with Crippen LogP contribution in [0, 0.1) is 0 Å². The molecule has 126 valence electrons. The first kappa shape index (κ1) is 16.1. The number of aromatic nitrogens is 3. The van der Waals surface area contributed by atoms with Gasteiger partial charge in [0.05, 0.1) is 42.2 Å². The molecule has 0 spiro atoms. The SMILES string of the molecule is COCCNC(=O)c1cnn2c1C[C@H](NC(=O)c1cccnc1)C2. The molecular formula is C16H19N5O3. The average molecular weight is 329 g/mol. The number of hydrogen-bond acceptors (Lipinski definition) is 5. The number of hydrogen-bond donors (Lipinski definition) is 2. The Bertz CT molecular complexity index is 729. The third-order valence-electron chi connectivity index (χ3n) is 3.88. The van der Waals surface area contributed by atoms with E-state index in [2.05, 4.69) is 20.7 Å². The van der Waals surface area contributed by atoms with Gasteiger partial charge in [-0.1, -0.05) is 0 Å². The smallest absolute Gasteiger partial charge is 0.254 e. The molecule has 2 N–H and O–H groups in total. The van der Waals surface area contributed by atoms with Crippen LogP contribution >= 0.6 is 0 Å². The molecule has 0 fully saturated rings. The second-order valence-electron chi connectivity index (χ2n) is 5.55. The molecule has 8 heteroatoms. The molecule has 0 aliphatic carbocycles. The molecule has 0 unspecified atom stereocenters. The Morgan fingerprint density at radius 3 is 3.00 bits per heavy atom. The Morgan fingerprint density at radius 2 is 2.25 bits per heavy atom. The molecule has 2 aromatic heterocycles. The maximum atomic E-state index is 12.2. The Balaban J connectivity index is 1.61. The van der Waals surface area contributed by atoms with Crippen LogP contribution in [0.2, 0.25) is 0 Å². The van der Waals surface area contributed by atoms with Crippen LogP contribution in [0.25, 0.3) is 0 Å². The lowest BCUT2D eigenvalue weighted by molar-refractivity contribution is 0.0931. The van der Waals surface area contributed by atoms with Crippen LogP contribution in [0.4, 0.5) is 0 Å². The highest BCUT2D eigenvalue weighted by Crippen LogP contribution is 2.19. The van der Waals surface area contributed by atoms with Gasteiger partial charge in [0.15, 0.2) is 0 Å². The van der Waals surface area contributed by atoms with Gasteiger partial charge in [-0.25, -0.2) is 0 Å². The normalized spacial score (nSPS) is 15.8. The van der Waals surface area contributed by atoms with Crippen molar-refractivity contribution in [3.05, 3.63) is 47.5 Å². The van der Waals surface area contributed by atoms with E-state index in [0.29, 0.717) is 37.2 Å². The van der Waals surface area contributed by atoms with Gasteiger partial charge < -0.3 is 15.4 Å². The fourth-order valence-corrected chi connectivity index (χ4v) is 2.70. The van der Waals surface area contributed by atoms with Gasteiger partial charge in [0, 0.05) is 32.5 Å². The van der Waals surface area contributed by atoms with Gasteiger partial charge in [0.25, 0.3) is 11.8 Å². The minimum absolute atomic E-state index is 0.0908. The fraction of sp³-hybridized carbons (Fsp3) is 0.375. The number of carbonyl (C=O) groups is 2. The van der Waals surface area contributed by atoms with E-state index >= 15 is 0 Å². The lowest BCUT2D eigenvalue weighted by Gasteiger charge is -2.11. The highest BCUT2D eigenvalue weighted by molar-refractivity contribution is 5.95. The number of ether oxygens (including phenoxy) is 1. The summed E-state index contributed by atoms with van der Waals surface area (Å²) in [6, 6.07) is 3.34. The summed E-state index contributed by atoms with van der Waals surface area (Å²) < 4.78 is 6.68. The van der Waals surface area contributed by atoms with E-state index in [9.17, 15) is 9.59 Å². The summed E-state index contributed by atoms with van der Waals surface area (Å²) in [6.07, 6.45) is 5.28. The molecule has 1 aliphatic heterocycles. The van der Waals surface area contributed by atoms with E-state index in [1.807, 2.05) is 0 Å². The van der Waals surface area contributed by atoms with Gasteiger partial charge in [-0.2, -0.15) is 5.10 Å². The molecular weight excluding hydrogens is 310 g/mol. The van der Waals surface area contributed by atoms with Crippen LogP contribution in [0.3, 0.4) is 0 Å². The van der Waals surface area contributed by atoms with Gasteiger partial charge >= 0.3 is 0 Å². The number of nitrogens with one attached hydrogen (secondary N) is 2. The zero-order valence-electron chi connectivity index (χ0n) is 13.4. The molecule has 0 radical (unpaired) electrons. The molecule has 1 aliphatic rings. The largest absolute Gasteiger partial charge is 0.383 e. The number of fused-ring (bicyclic) bond motifs is 1. The van der Waals surface area contributed by atoms with Gasteiger partial charge in [0.2, 0.25) is 0 Å². The Morgan fingerprint density at radius 1 is 1.38 bits per heavy atom. The highest BCUT2D eigenvalue weighted by atomic mass is 16.5. The van der Waals surface area contributed by atoms with E-state index in [1.54, 1.807) is 36.3 Å². The summed E-state index contributed by atoms with van der Waals surface area (Å²) in [5.41, 5.74) is 1.89. The van der Waals surface area contributed by atoms with E-state index < -0.39 is 0 Å². The molecule has 2 aromatic rings. The van der Waals surface area contributed by atoms with Crippen molar-refractivity contribution in [1.82, 2.24) is 25.4 Å². The topological polar surface area (TPSA) is 98.1 Å². The van der Waals surface area contributed by atoms with E-state index in [0.717, 1.165) is 5.69 Å². The van der Waals surface area contributed by atoms with E-state index in [-0.39, 0.29) is 17.9 Å². The fourth-order valence-electron chi connectivity index (χ4n) is 2.70. The second-order valence-corrected chi connectivity index (χ2v) is 5.55. The van der Waals surface area contributed by atoms with Gasteiger partial charge in [-0.3, -0.25) is 19.3 Å². The van der Waals surface area contributed by atoms with Crippen molar-refractivity contribution in [2.75, 3.05) is 20.3 Å². The number of rotatable bonds is 6. The second kappa shape index (κ2) is 7.22. The molecule has 3 rings (SSSR count). The lowest BCUT2D eigenvalue weighted by Crippen LogP contribution is -2.36. The van der Waals surface area contributed by atoms with Crippen molar-refractivity contribution in [3.63, 3.8) is 0 Å². The number of amides is 2. The third kappa shape index (κ3) is 3.43. The molecule has 0 saturated carbocycles. The maximum absolute atomic E-state index is 12.2. The summed E-state index contributed by atoms with van der Waals surface area (Å²) in [5.74, 6) is -0.350. The molecule has 0 bridgehead atoms. The molecule has 2 amide bonds. The Kier molecular flexibility index (Phi) is 4.85. The van der Waals surface area contributed by atoms with Crippen molar-refractivity contribution < 1.29 is 14.3 Å². The predicted molar refractivity (Wildman–Crippen MR) is 85.6 cm³/mol. The summed E-state index contributed by atoms with van der Waals surface area (Å²) in [6.45, 7) is 1.45. The van der Waals surface area contributed by atoms with Crippen LogP contribution in [0.15, 0.2) is 30.7 Å². The average Bonchev–Trinajstić information content (AvgIpc) is 3.15. The monoisotopic (exact) mass is 329 g/mol.